The zero-order valence-corrected chi connectivity index (χ0v) is 20.0. The van der Waals surface area contributed by atoms with Gasteiger partial charge in [0.15, 0.2) is 18.5 Å². The molecule has 0 bridgehead atoms. The Labute approximate surface area is 198 Å². The fraction of sp³-hybridized carbons (Fsp3) is 0.647. The molecule has 3 heterocycles. The van der Waals surface area contributed by atoms with Crippen molar-refractivity contribution in [2.24, 2.45) is 5.73 Å². The second-order valence-electron chi connectivity index (χ2n) is 7.92. The van der Waals surface area contributed by atoms with Crippen LogP contribution >= 0.6 is 15.6 Å². The summed E-state index contributed by atoms with van der Waals surface area (Å²) in [5.74, 6) is -0.749. The summed E-state index contributed by atoms with van der Waals surface area (Å²) in [6.45, 7) is -0.157. The molecule has 1 aromatic heterocycles. The summed E-state index contributed by atoms with van der Waals surface area (Å²) in [4.78, 5) is 30.9. The third kappa shape index (κ3) is 6.90. The van der Waals surface area contributed by atoms with Crippen molar-refractivity contribution >= 4 is 21.6 Å². The van der Waals surface area contributed by atoms with Crippen molar-refractivity contribution in [3.05, 3.63) is 30.1 Å². The van der Waals surface area contributed by atoms with Crippen LogP contribution in [0.25, 0.3) is 0 Å². The van der Waals surface area contributed by atoms with Crippen molar-refractivity contribution in [1.82, 2.24) is 0 Å². The molecule has 2 saturated heterocycles. The molecule has 1 aromatic rings. The highest BCUT2D eigenvalue weighted by Gasteiger charge is 2.50. The van der Waals surface area contributed by atoms with Crippen LogP contribution in [0.4, 0.5) is 0 Å². The first-order valence-corrected chi connectivity index (χ1v) is 13.2. The molecular formula is C17H27N2O14P2+. The van der Waals surface area contributed by atoms with E-state index in [0.717, 1.165) is 0 Å². The number of carbonyl (C=O) groups excluding carboxylic acids is 1. The van der Waals surface area contributed by atoms with Gasteiger partial charge in [-0.3, -0.25) is 13.8 Å². The number of primary amides is 1. The molecule has 2 aliphatic rings. The van der Waals surface area contributed by atoms with E-state index in [4.69, 9.17) is 15.2 Å². The maximum Gasteiger partial charge on any atom is 0.481 e. The number of nitrogens with zero attached hydrogens (tertiary/aromatic N) is 1. The molecule has 0 aromatic carbocycles. The lowest BCUT2D eigenvalue weighted by Crippen LogP contribution is -2.46. The highest BCUT2D eigenvalue weighted by Crippen LogP contribution is 2.60. The molecular weight excluding hydrogens is 518 g/mol. The molecule has 3 rings (SSSR count). The summed E-state index contributed by atoms with van der Waals surface area (Å²) >= 11 is 0. The summed E-state index contributed by atoms with van der Waals surface area (Å²) in [6.07, 6.45) is -7.75. The lowest BCUT2D eigenvalue weighted by atomic mass is 10.1. The van der Waals surface area contributed by atoms with Gasteiger partial charge in [-0.25, -0.2) is 9.13 Å². The predicted octanol–water partition coefficient (Wildman–Crippen LogP) is -2.55. The first-order valence-electron chi connectivity index (χ1n) is 10.2. The summed E-state index contributed by atoms with van der Waals surface area (Å²) in [7, 11) is -10.5. The van der Waals surface area contributed by atoms with Crippen LogP contribution in [0.15, 0.2) is 24.5 Å². The number of hydrogen-bond donors (Lipinski definition) is 7. The average Bonchev–Trinajstić information content (AvgIpc) is 3.20. The van der Waals surface area contributed by atoms with Gasteiger partial charge in [0.05, 0.1) is 19.3 Å². The number of nitrogens with two attached hydrogens (primary N) is 1. The van der Waals surface area contributed by atoms with Crippen LogP contribution in [-0.2, 0) is 32.0 Å². The van der Waals surface area contributed by atoms with Crippen LogP contribution in [0.1, 0.15) is 23.5 Å². The Balaban J connectivity index is 1.55. The van der Waals surface area contributed by atoms with E-state index in [1.165, 1.54) is 36.0 Å². The monoisotopic (exact) mass is 545 g/mol. The van der Waals surface area contributed by atoms with E-state index in [1.54, 1.807) is 0 Å². The van der Waals surface area contributed by atoms with Gasteiger partial charge < -0.3 is 45.4 Å². The van der Waals surface area contributed by atoms with Gasteiger partial charge in [0.2, 0.25) is 0 Å². The number of amides is 1. The minimum absolute atomic E-state index is 0.0870. The summed E-state index contributed by atoms with van der Waals surface area (Å²) in [5.41, 5.74) is 5.30. The van der Waals surface area contributed by atoms with E-state index >= 15 is 0 Å². The fourth-order valence-corrected chi connectivity index (χ4v) is 5.59. The summed E-state index contributed by atoms with van der Waals surface area (Å²) in [6, 6.07) is 2.85. The van der Waals surface area contributed by atoms with Crippen molar-refractivity contribution in [1.29, 1.82) is 0 Å². The molecule has 16 nitrogen and oxygen atoms in total. The van der Waals surface area contributed by atoms with Crippen LogP contribution in [0, 0.1) is 0 Å². The summed E-state index contributed by atoms with van der Waals surface area (Å²) < 4.78 is 49.3. The number of carbonyl (C=O) groups is 1. The van der Waals surface area contributed by atoms with E-state index in [1.807, 2.05) is 0 Å². The zero-order valence-electron chi connectivity index (χ0n) is 18.2. The van der Waals surface area contributed by atoms with Crippen molar-refractivity contribution in [3.63, 3.8) is 0 Å². The Morgan fingerprint density at radius 3 is 2.06 bits per heavy atom. The molecule has 1 amide bonds. The lowest BCUT2D eigenvalue weighted by molar-refractivity contribution is -0.765. The second kappa shape index (κ2) is 10.9. The van der Waals surface area contributed by atoms with E-state index in [-0.39, 0.29) is 5.56 Å². The van der Waals surface area contributed by atoms with Gasteiger partial charge in [-0.05, 0) is 13.0 Å². The van der Waals surface area contributed by atoms with E-state index in [9.17, 15) is 44.1 Å². The summed E-state index contributed by atoms with van der Waals surface area (Å²) in [5, 5.41) is 39.9. The van der Waals surface area contributed by atoms with Gasteiger partial charge in [0, 0.05) is 6.07 Å². The number of ether oxygens (including phenoxy) is 2. The number of rotatable bonds is 10. The standard InChI is InChI=1S/C17H26N2O14P2/c1-8-12(20)13(21)10(31-8)6-29-34(25,26)33-35(27,28)30-7-11-14(22)15(23)17(32-11)19-4-2-3-9(5-19)16(18)24/h2-5,8,10-15,17,20-23H,6-7H2,1H3,(H3-,18,24,25,26,27,28)/p+1. The maximum atomic E-state index is 12.1. The van der Waals surface area contributed by atoms with Crippen LogP contribution in [0.3, 0.4) is 0 Å². The van der Waals surface area contributed by atoms with Gasteiger partial charge in [0.25, 0.3) is 12.1 Å². The molecule has 2 aliphatic heterocycles. The minimum atomic E-state index is -5.26. The lowest BCUT2D eigenvalue weighted by Gasteiger charge is -2.20. The SMILES string of the molecule is CC1OC(COP(=O)(O)OP(=O)(O)OCC2OC([n+]3cccc(C(N)=O)c3)C(O)C2O)C(O)C1O. The van der Waals surface area contributed by atoms with Crippen molar-refractivity contribution in [3.8, 4) is 0 Å². The largest absolute Gasteiger partial charge is 0.481 e. The van der Waals surface area contributed by atoms with Crippen LogP contribution in [0.2, 0.25) is 0 Å². The molecule has 0 saturated carbocycles. The molecule has 0 aliphatic carbocycles. The number of pyridine rings is 1. The van der Waals surface area contributed by atoms with Crippen molar-refractivity contribution in [2.45, 2.75) is 55.9 Å². The third-order valence-electron chi connectivity index (χ3n) is 5.35. The van der Waals surface area contributed by atoms with E-state index < -0.39 is 83.7 Å². The topological polar surface area (TPSA) is 249 Å². The van der Waals surface area contributed by atoms with Crippen LogP contribution in [0.5, 0.6) is 0 Å². The number of aromatic nitrogens is 1. The van der Waals surface area contributed by atoms with Gasteiger partial charge >= 0.3 is 15.6 Å². The predicted molar refractivity (Wildman–Crippen MR) is 110 cm³/mol. The highest BCUT2D eigenvalue weighted by atomic mass is 31.3. The second-order valence-corrected chi connectivity index (χ2v) is 11.0. The molecule has 2 fully saturated rings. The van der Waals surface area contributed by atoms with E-state index in [2.05, 4.69) is 13.4 Å². The van der Waals surface area contributed by atoms with Gasteiger partial charge in [-0.15, -0.1) is 0 Å². The minimum Gasteiger partial charge on any atom is -0.388 e. The Morgan fingerprint density at radius 2 is 1.54 bits per heavy atom. The fourth-order valence-electron chi connectivity index (χ4n) is 3.49. The van der Waals surface area contributed by atoms with Gasteiger partial charge in [-0.1, -0.05) is 0 Å². The van der Waals surface area contributed by atoms with Crippen molar-refractivity contribution < 1.29 is 71.5 Å². The number of aliphatic hydroxyl groups excluding tert-OH is 4. The number of hydrogen-bond acceptors (Lipinski definition) is 12. The molecule has 10 unspecified atom stereocenters. The normalized spacial score (nSPS) is 36.5. The molecule has 0 spiro atoms. The Morgan fingerprint density at radius 1 is 1.00 bits per heavy atom. The van der Waals surface area contributed by atoms with Crippen molar-refractivity contribution in [2.75, 3.05) is 13.2 Å². The molecule has 10 atom stereocenters. The van der Waals surface area contributed by atoms with Crippen LogP contribution in [-0.4, -0.2) is 92.1 Å². The molecule has 198 valence electrons. The Hall–Kier alpha value is -1.36. The Bertz CT molecular complexity index is 1010. The van der Waals surface area contributed by atoms with Crippen LogP contribution < -0.4 is 10.3 Å². The Kier molecular flexibility index (Phi) is 8.82. The average molecular weight is 545 g/mol. The molecule has 35 heavy (non-hydrogen) atoms. The third-order valence-corrected chi connectivity index (χ3v) is 7.95. The first-order chi connectivity index (χ1) is 16.2. The number of phosphoric ester groups is 2. The smallest absolute Gasteiger partial charge is 0.388 e. The quantitative estimate of drug-likeness (QED) is 0.118. The molecule has 0 radical (unpaired) electrons. The van der Waals surface area contributed by atoms with Gasteiger partial charge in [-0.2, -0.15) is 8.88 Å². The highest BCUT2D eigenvalue weighted by molar-refractivity contribution is 7.61. The molecule has 8 N–H and O–H groups in total. The number of phosphoric acid groups is 2. The zero-order chi connectivity index (χ0) is 26.1. The molecule has 18 heteroatoms. The maximum absolute atomic E-state index is 12.1. The van der Waals surface area contributed by atoms with Gasteiger partial charge in [0.1, 0.15) is 36.1 Å². The first kappa shape index (κ1) is 28.2. The number of aliphatic hydroxyl groups is 4. The van der Waals surface area contributed by atoms with E-state index in [0.29, 0.717) is 0 Å².